The number of rotatable bonds is 2. The first-order chi connectivity index (χ1) is 8.98. The summed E-state index contributed by atoms with van der Waals surface area (Å²) < 4.78 is 0. The van der Waals surface area contributed by atoms with Gasteiger partial charge >= 0.3 is 0 Å². The highest BCUT2D eigenvalue weighted by atomic mass is 16.2. The number of hydrogen-bond acceptors (Lipinski definition) is 4. The fourth-order valence-corrected chi connectivity index (χ4v) is 1.91. The normalized spacial score (nSPS) is 14.6. The van der Waals surface area contributed by atoms with Crippen LogP contribution >= 0.6 is 0 Å². The van der Waals surface area contributed by atoms with Crippen LogP contribution in [-0.4, -0.2) is 5.91 Å². The number of nitrogens with zero attached hydrogens (tertiary/aromatic N) is 2. The molecule has 19 heavy (non-hydrogen) atoms. The molecule has 0 spiro atoms. The van der Waals surface area contributed by atoms with Crippen LogP contribution in [0.15, 0.2) is 30.0 Å². The van der Waals surface area contributed by atoms with Gasteiger partial charge in [0.25, 0.3) is 0 Å². The lowest BCUT2D eigenvalue weighted by Crippen LogP contribution is -2.26. The van der Waals surface area contributed by atoms with Crippen molar-refractivity contribution in [2.45, 2.75) is 19.3 Å². The molecule has 0 unspecified atom stereocenters. The second-order valence-electron chi connectivity index (χ2n) is 4.77. The number of fused-ring (bicyclic) bond motifs is 1. The highest BCUT2D eigenvalue weighted by Crippen LogP contribution is 2.38. The minimum Gasteiger partial charge on any atom is -0.360 e. The minimum atomic E-state index is -0.579. The molecule has 0 saturated carbocycles. The van der Waals surface area contributed by atoms with E-state index in [0.717, 1.165) is 16.9 Å². The second kappa shape index (κ2) is 4.47. The average molecular weight is 252 g/mol. The van der Waals surface area contributed by atoms with Crippen molar-refractivity contribution in [3.63, 3.8) is 0 Å². The third-order valence-electron chi connectivity index (χ3n) is 3.13. The summed E-state index contributed by atoms with van der Waals surface area (Å²) in [6.45, 7) is 3.70. The summed E-state index contributed by atoms with van der Waals surface area (Å²) in [6.07, 6.45) is 1.35. The van der Waals surface area contributed by atoms with E-state index in [1.807, 2.05) is 19.9 Å². The van der Waals surface area contributed by atoms with Crippen LogP contribution < -0.4 is 10.6 Å². The zero-order valence-corrected chi connectivity index (χ0v) is 10.6. The third-order valence-corrected chi connectivity index (χ3v) is 3.13. The van der Waals surface area contributed by atoms with E-state index in [1.54, 1.807) is 24.3 Å². The fraction of sp³-hybridized carbons (Fsp3) is 0.214. The SMILES string of the molecule is CC1(C)C(=O)Nc2ccc(NC=C(C#N)C#N)cc21. The van der Waals surface area contributed by atoms with Crippen molar-refractivity contribution in [1.29, 1.82) is 10.5 Å². The van der Waals surface area contributed by atoms with Crippen molar-refractivity contribution in [3.8, 4) is 12.1 Å². The van der Waals surface area contributed by atoms with Gasteiger partial charge in [0, 0.05) is 17.6 Å². The van der Waals surface area contributed by atoms with E-state index in [4.69, 9.17) is 10.5 Å². The Bertz CT molecular complexity index is 643. The number of benzene rings is 1. The van der Waals surface area contributed by atoms with Gasteiger partial charge in [-0.25, -0.2) is 0 Å². The lowest BCUT2D eigenvalue weighted by Gasteiger charge is -2.15. The van der Waals surface area contributed by atoms with Crippen LogP contribution in [0.1, 0.15) is 19.4 Å². The molecule has 94 valence electrons. The van der Waals surface area contributed by atoms with Crippen molar-refractivity contribution in [3.05, 3.63) is 35.5 Å². The molecule has 0 radical (unpaired) electrons. The van der Waals surface area contributed by atoms with Crippen LogP contribution in [0, 0.1) is 22.7 Å². The minimum absolute atomic E-state index is 0.00559. The second-order valence-corrected chi connectivity index (χ2v) is 4.77. The Labute approximate surface area is 111 Å². The van der Waals surface area contributed by atoms with Gasteiger partial charge in [-0.05, 0) is 37.6 Å². The van der Waals surface area contributed by atoms with Crippen molar-refractivity contribution in [2.75, 3.05) is 10.6 Å². The van der Waals surface area contributed by atoms with Gasteiger partial charge < -0.3 is 10.6 Å². The maximum Gasteiger partial charge on any atom is 0.234 e. The van der Waals surface area contributed by atoms with E-state index >= 15 is 0 Å². The summed E-state index contributed by atoms with van der Waals surface area (Å²) in [5.74, 6) is -0.0371. The largest absolute Gasteiger partial charge is 0.360 e. The quantitative estimate of drug-likeness (QED) is 0.790. The van der Waals surface area contributed by atoms with Crippen LogP contribution in [-0.2, 0) is 10.2 Å². The Balaban J connectivity index is 2.32. The van der Waals surface area contributed by atoms with Gasteiger partial charge in [-0.1, -0.05) is 0 Å². The van der Waals surface area contributed by atoms with Crippen molar-refractivity contribution < 1.29 is 4.79 Å². The van der Waals surface area contributed by atoms with Gasteiger partial charge in [0.2, 0.25) is 5.91 Å². The molecule has 1 aliphatic rings. The number of anilines is 2. The fourth-order valence-electron chi connectivity index (χ4n) is 1.91. The predicted octanol–water partition coefficient (Wildman–Crippen LogP) is 2.26. The molecule has 0 saturated heterocycles. The van der Waals surface area contributed by atoms with E-state index in [2.05, 4.69) is 10.6 Å². The molecule has 0 atom stereocenters. The molecule has 1 aliphatic heterocycles. The van der Waals surface area contributed by atoms with E-state index in [0.29, 0.717) is 0 Å². The molecule has 1 heterocycles. The third kappa shape index (κ3) is 2.14. The van der Waals surface area contributed by atoms with Gasteiger partial charge in [-0.2, -0.15) is 10.5 Å². The summed E-state index contributed by atoms with van der Waals surface area (Å²) in [5, 5.41) is 23.0. The maximum absolute atomic E-state index is 11.8. The first-order valence-corrected chi connectivity index (χ1v) is 5.72. The Morgan fingerprint density at radius 1 is 1.37 bits per heavy atom. The van der Waals surface area contributed by atoms with E-state index in [-0.39, 0.29) is 11.5 Å². The standard InChI is InChI=1S/C14H12N4O/c1-14(2)11-5-10(17-8-9(6-15)7-16)3-4-12(11)18-13(14)19/h3-5,8,17H,1-2H3,(H,18,19). The first kappa shape index (κ1) is 12.7. The first-order valence-electron chi connectivity index (χ1n) is 5.72. The molecule has 0 fully saturated rings. The van der Waals surface area contributed by atoms with Gasteiger partial charge in [0.1, 0.15) is 17.7 Å². The number of allylic oxidation sites excluding steroid dienone is 1. The molecule has 0 aliphatic carbocycles. The summed E-state index contributed by atoms with van der Waals surface area (Å²) in [7, 11) is 0. The van der Waals surface area contributed by atoms with Gasteiger partial charge in [0.05, 0.1) is 5.41 Å². The lowest BCUT2D eigenvalue weighted by atomic mass is 9.86. The number of nitriles is 2. The van der Waals surface area contributed by atoms with Crippen LogP contribution in [0.2, 0.25) is 0 Å². The molecule has 5 nitrogen and oxygen atoms in total. The topological polar surface area (TPSA) is 88.7 Å². The van der Waals surface area contributed by atoms with Gasteiger partial charge in [-0.3, -0.25) is 4.79 Å². The highest BCUT2D eigenvalue weighted by Gasteiger charge is 2.38. The molecule has 0 aromatic heterocycles. The molecule has 5 heteroatoms. The van der Waals surface area contributed by atoms with Crippen molar-refractivity contribution in [1.82, 2.24) is 0 Å². The zero-order chi connectivity index (χ0) is 14.0. The van der Waals surface area contributed by atoms with Crippen molar-refractivity contribution >= 4 is 17.3 Å². The Morgan fingerprint density at radius 3 is 2.68 bits per heavy atom. The molecule has 2 rings (SSSR count). The number of amides is 1. The highest BCUT2D eigenvalue weighted by molar-refractivity contribution is 6.06. The molecule has 1 aromatic carbocycles. The predicted molar refractivity (Wildman–Crippen MR) is 71.0 cm³/mol. The Hall–Kier alpha value is -2.79. The van der Waals surface area contributed by atoms with E-state index < -0.39 is 5.41 Å². The molecule has 0 bridgehead atoms. The number of nitrogens with one attached hydrogen (secondary N) is 2. The van der Waals surface area contributed by atoms with E-state index in [9.17, 15) is 4.79 Å². The number of carbonyl (C=O) groups is 1. The zero-order valence-electron chi connectivity index (χ0n) is 10.6. The van der Waals surface area contributed by atoms with Crippen LogP contribution in [0.5, 0.6) is 0 Å². The van der Waals surface area contributed by atoms with Crippen LogP contribution in [0.25, 0.3) is 0 Å². The van der Waals surface area contributed by atoms with Crippen LogP contribution in [0.4, 0.5) is 11.4 Å². The Kier molecular flexibility index (Phi) is 2.98. The monoisotopic (exact) mass is 252 g/mol. The van der Waals surface area contributed by atoms with Crippen molar-refractivity contribution in [2.24, 2.45) is 0 Å². The maximum atomic E-state index is 11.8. The number of carbonyl (C=O) groups excluding carboxylic acids is 1. The molecular weight excluding hydrogens is 240 g/mol. The summed E-state index contributed by atoms with van der Waals surface area (Å²) in [5.41, 5.74) is 1.83. The van der Waals surface area contributed by atoms with Crippen LogP contribution in [0.3, 0.4) is 0 Å². The molecule has 1 amide bonds. The van der Waals surface area contributed by atoms with Gasteiger partial charge in [0.15, 0.2) is 0 Å². The average Bonchev–Trinajstić information content (AvgIpc) is 2.62. The summed E-state index contributed by atoms with van der Waals surface area (Å²) >= 11 is 0. The smallest absolute Gasteiger partial charge is 0.234 e. The molecule has 2 N–H and O–H groups in total. The molecule has 1 aromatic rings. The Morgan fingerprint density at radius 2 is 2.05 bits per heavy atom. The number of hydrogen-bond donors (Lipinski definition) is 2. The summed E-state index contributed by atoms with van der Waals surface area (Å²) in [4.78, 5) is 11.8. The summed E-state index contributed by atoms with van der Waals surface area (Å²) in [6, 6.07) is 8.96. The van der Waals surface area contributed by atoms with Gasteiger partial charge in [-0.15, -0.1) is 0 Å². The molecular formula is C14H12N4O. The lowest BCUT2D eigenvalue weighted by molar-refractivity contribution is -0.119. The van der Waals surface area contributed by atoms with E-state index in [1.165, 1.54) is 6.20 Å².